The SMILES string of the molecule is CC1(C(=O)O)CCC(c2nccc3cnc(N[C@@H]4CCN(S(C)(=O)=O)C[C@H]4O)cc23)CC1. The molecule has 32 heavy (non-hydrogen) atoms. The number of pyridine rings is 2. The van der Waals surface area contributed by atoms with Crippen molar-refractivity contribution in [2.45, 2.75) is 57.1 Å². The van der Waals surface area contributed by atoms with Crippen molar-refractivity contribution >= 4 is 32.6 Å². The van der Waals surface area contributed by atoms with Crippen molar-refractivity contribution in [3.8, 4) is 0 Å². The highest BCUT2D eigenvalue weighted by Gasteiger charge is 2.38. The van der Waals surface area contributed by atoms with Crippen LogP contribution in [0.1, 0.15) is 50.6 Å². The Labute approximate surface area is 187 Å². The van der Waals surface area contributed by atoms with E-state index in [0.717, 1.165) is 35.6 Å². The standard InChI is InChI=1S/C22H30N4O5S/c1-22(21(28)29)7-3-14(4-8-22)20-16-11-19(24-12-15(16)5-9-23-20)25-17-6-10-26(13-18(17)27)32(2,30)31/h5,9,11-12,14,17-18,27H,3-4,6-8,10,13H2,1-2H3,(H,24,25)(H,28,29)/t14?,17-,18-,22?/m1/s1. The smallest absolute Gasteiger partial charge is 0.309 e. The number of piperidine rings is 1. The van der Waals surface area contributed by atoms with Crippen LogP contribution >= 0.6 is 0 Å². The topological polar surface area (TPSA) is 133 Å². The van der Waals surface area contributed by atoms with Gasteiger partial charge in [-0.25, -0.2) is 13.4 Å². The van der Waals surface area contributed by atoms with Gasteiger partial charge in [-0.3, -0.25) is 9.78 Å². The van der Waals surface area contributed by atoms with Gasteiger partial charge in [0.1, 0.15) is 5.82 Å². The van der Waals surface area contributed by atoms with E-state index in [1.54, 1.807) is 12.4 Å². The monoisotopic (exact) mass is 462 g/mol. The van der Waals surface area contributed by atoms with E-state index in [9.17, 15) is 23.4 Å². The maximum absolute atomic E-state index is 11.8. The third kappa shape index (κ3) is 4.57. The summed E-state index contributed by atoms with van der Waals surface area (Å²) in [7, 11) is -3.33. The first kappa shape index (κ1) is 22.9. The van der Waals surface area contributed by atoms with Gasteiger partial charge < -0.3 is 15.5 Å². The van der Waals surface area contributed by atoms with Gasteiger partial charge in [-0.05, 0) is 51.2 Å². The molecule has 2 aliphatic rings. The first-order valence-corrected chi connectivity index (χ1v) is 12.8. The van der Waals surface area contributed by atoms with Crippen LogP contribution in [-0.2, 0) is 14.8 Å². The summed E-state index contributed by atoms with van der Waals surface area (Å²) in [5.74, 6) is 0.0535. The van der Waals surface area contributed by atoms with Crippen molar-refractivity contribution < 1.29 is 23.4 Å². The molecular weight excluding hydrogens is 432 g/mol. The van der Waals surface area contributed by atoms with Crippen LogP contribution in [0.2, 0.25) is 0 Å². The van der Waals surface area contributed by atoms with Gasteiger partial charge in [0, 0.05) is 42.2 Å². The minimum atomic E-state index is -3.33. The van der Waals surface area contributed by atoms with Crippen molar-refractivity contribution in [1.82, 2.24) is 14.3 Å². The number of rotatable bonds is 5. The molecule has 1 saturated heterocycles. The largest absolute Gasteiger partial charge is 0.481 e. The Morgan fingerprint density at radius 2 is 1.97 bits per heavy atom. The molecule has 0 aromatic carbocycles. The summed E-state index contributed by atoms with van der Waals surface area (Å²) in [4.78, 5) is 20.7. The average Bonchev–Trinajstić information content (AvgIpc) is 2.74. The van der Waals surface area contributed by atoms with E-state index in [-0.39, 0.29) is 18.5 Å². The molecule has 0 unspecified atom stereocenters. The quantitative estimate of drug-likeness (QED) is 0.616. The van der Waals surface area contributed by atoms with Crippen LogP contribution in [0, 0.1) is 5.41 Å². The summed E-state index contributed by atoms with van der Waals surface area (Å²) in [6.45, 7) is 2.22. The molecule has 174 valence electrons. The zero-order valence-electron chi connectivity index (χ0n) is 18.4. The lowest BCUT2D eigenvalue weighted by atomic mass is 9.70. The van der Waals surface area contributed by atoms with E-state index in [1.807, 2.05) is 19.1 Å². The third-order valence-corrected chi connectivity index (χ3v) is 8.29. The normalized spacial score (nSPS) is 29.7. The Bertz CT molecular complexity index is 1110. The predicted octanol–water partition coefficient (Wildman–Crippen LogP) is 2.18. The van der Waals surface area contributed by atoms with E-state index in [4.69, 9.17) is 0 Å². The third-order valence-electron chi connectivity index (χ3n) is 7.02. The number of hydrogen-bond acceptors (Lipinski definition) is 7. The van der Waals surface area contributed by atoms with Gasteiger partial charge in [-0.15, -0.1) is 0 Å². The second-order valence-corrected chi connectivity index (χ2v) is 11.3. The number of carboxylic acid groups (broad SMARTS) is 1. The van der Waals surface area contributed by atoms with E-state index in [2.05, 4.69) is 15.3 Å². The minimum Gasteiger partial charge on any atom is -0.481 e. The number of aliphatic hydroxyl groups is 1. The zero-order chi connectivity index (χ0) is 23.1. The van der Waals surface area contributed by atoms with E-state index >= 15 is 0 Å². The van der Waals surface area contributed by atoms with Crippen molar-refractivity contribution in [3.05, 3.63) is 30.2 Å². The predicted molar refractivity (Wildman–Crippen MR) is 121 cm³/mol. The number of carbonyl (C=O) groups is 1. The van der Waals surface area contributed by atoms with E-state index in [0.29, 0.717) is 31.6 Å². The van der Waals surface area contributed by atoms with Crippen LogP contribution in [0.15, 0.2) is 24.5 Å². The molecule has 2 atom stereocenters. The number of β-amino-alcohol motifs (C(OH)–C–C–N with tert-alkyl or cyclic N) is 1. The Morgan fingerprint density at radius 1 is 1.25 bits per heavy atom. The molecule has 4 rings (SSSR count). The van der Waals surface area contributed by atoms with Crippen LogP contribution in [0.3, 0.4) is 0 Å². The molecule has 0 amide bonds. The Morgan fingerprint density at radius 3 is 2.59 bits per heavy atom. The number of anilines is 1. The molecule has 2 fully saturated rings. The van der Waals surface area contributed by atoms with Crippen LogP contribution < -0.4 is 5.32 Å². The van der Waals surface area contributed by atoms with Crippen molar-refractivity contribution in [1.29, 1.82) is 0 Å². The van der Waals surface area contributed by atoms with Gasteiger partial charge >= 0.3 is 5.97 Å². The lowest BCUT2D eigenvalue weighted by Gasteiger charge is -2.35. The Kier molecular flexibility index (Phi) is 6.12. The molecule has 1 saturated carbocycles. The molecule has 9 nitrogen and oxygen atoms in total. The van der Waals surface area contributed by atoms with Crippen LogP contribution in [0.4, 0.5) is 5.82 Å². The number of nitrogens with one attached hydrogen (secondary N) is 1. The number of aliphatic carboxylic acids is 1. The number of hydrogen-bond donors (Lipinski definition) is 3. The van der Waals surface area contributed by atoms with Gasteiger partial charge in [0.15, 0.2) is 0 Å². The number of carboxylic acids is 1. The van der Waals surface area contributed by atoms with Crippen LogP contribution in [-0.4, -0.2) is 70.4 Å². The fourth-order valence-electron chi connectivity index (χ4n) is 4.80. The minimum absolute atomic E-state index is 0.0569. The van der Waals surface area contributed by atoms with Crippen LogP contribution in [0.25, 0.3) is 10.8 Å². The molecular formula is C22H30N4O5S. The van der Waals surface area contributed by atoms with Gasteiger partial charge in [0.05, 0.1) is 29.5 Å². The molecule has 2 aromatic rings. The summed E-state index contributed by atoms with van der Waals surface area (Å²) < 4.78 is 24.8. The molecule has 3 N–H and O–H groups in total. The Balaban J connectivity index is 1.53. The fourth-order valence-corrected chi connectivity index (χ4v) is 5.66. The maximum Gasteiger partial charge on any atom is 0.309 e. The highest BCUT2D eigenvalue weighted by Crippen LogP contribution is 2.44. The molecule has 10 heteroatoms. The lowest BCUT2D eigenvalue weighted by molar-refractivity contribution is -0.149. The second-order valence-electron chi connectivity index (χ2n) is 9.35. The first-order chi connectivity index (χ1) is 15.1. The molecule has 0 radical (unpaired) electrons. The first-order valence-electron chi connectivity index (χ1n) is 10.9. The lowest BCUT2D eigenvalue weighted by Crippen LogP contribution is -2.51. The summed E-state index contributed by atoms with van der Waals surface area (Å²) >= 11 is 0. The number of aromatic nitrogens is 2. The summed E-state index contributed by atoms with van der Waals surface area (Å²) in [6, 6.07) is 3.53. The van der Waals surface area contributed by atoms with E-state index < -0.39 is 27.5 Å². The summed E-state index contributed by atoms with van der Waals surface area (Å²) in [6.07, 6.45) is 7.09. The molecule has 0 spiro atoms. The van der Waals surface area contributed by atoms with Gasteiger partial charge in [0.2, 0.25) is 10.0 Å². The van der Waals surface area contributed by atoms with Gasteiger partial charge in [-0.2, -0.15) is 4.31 Å². The molecule has 2 aromatic heterocycles. The summed E-state index contributed by atoms with van der Waals surface area (Å²) in [5, 5.41) is 25.2. The Hall–Kier alpha value is -2.30. The molecule has 1 aliphatic carbocycles. The van der Waals surface area contributed by atoms with Crippen molar-refractivity contribution in [3.63, 3.8) is 0 Å². The van der Waals surface area contributed by atoms with E-state index in [1.165, 1.54) is 4.31 Å². The van der Waals surface area contributed by atoms with Gasteiger partial charge in [-0.1, -0.05) is 0 Å². The van der Waals surface area contributed by atoms with Crippen molar-refractivity contribution in [2.24, 2.45) is 5.41 Å². The molecule has 3 heterocycles. The fraction of sp³-hybridized carbons (Fsp3) is 0.591. The number of sulfonamides is 1. The number of nitrogens with zero attached hydrogens (tertiary/aromatic N) is 3. The highest BCUT2D eigenvalue weighted by atomic mass is 32.2. The number of aliphatic hydroxyl groups excluding tert-OH is 1. The summed E-state index contributed by atoms with van der Waals surface area (Å²) in [5.41, 5.74) is 0.277. The van der Waals surface area contributed by atoms with Crippen molar-refractivity contribution in [2.75, 3.05) is 24.7 Å². The maximum atomic E-state index is 11.8. The highest BCUT2D eigenvalue weighted by molar-refractivity contribution is 7.88. The molecule has 1 aliphatic heterocycles. The van der Waals surface area contributed by atoms with Gasteiger partial charge in [0.25, 0.3) is 0 Å². The second kappa shape index (κ2) is 8.57. The van der Waals surface area contributed by atoms with Crippen LogP contribution in [0.5, 0.6) is 0 Å². The average molecular weight is 463 g/mol. The number of fused-ring (bicyclic) bond motifs is 1. The zero-order valence-corrected chi connectivity index (χ0v) is 19.2. The molecule has 0 bridgehead atoms.